The molecule has 37 heavy (non-hydrogen) atoms. The van der Waals surface area contributed by atoms with E-state index in [4.69, 9.17) is 11.6 Å². The van der Waals surface area contributed by atoms with Crippen molar-refractivity contribution < 1.29 is 18.0 Å². The van der Waals surface area contributed by atoms with Gasteiger partial charge in [-0.25, -0.2) is 8.42 Å². The van der Waals surface area contributed by atoms with Gasteiger partial charge in [-0.3, -0.25) is 13.9 Å². The Bertz CT molecular complexity index is 1370. The van der Waals surface area contributed by atoms with Gasteiger partial charge >= 0.3 is 0 Å². The average molecular weight is 540 g/mol. The molecule has 1 fully saturated rings. The van der Waals surface area contributed by atoms with Gasteiger partial charge in [0.15, 0.2) is 0 Å². The Morgan fingerprint density at radius 1 is 0.919 bits per heavy atom. The number of amides is 2. The summed E-state index contributed by atoms with van der Waals surface area (Å²) in [6.45, 7) is 1.30. The maximum Gasteiger partial charge on any atom is 0.264 e. The number of sulfonamides is 1. The second-order valence-corrected chi connectivity index (χ2v) is 11.5. The van der Waals surface area contributed by atoms with Crippen LogP contribution in [0.2, 0.25) is 5.02 Å². The van der Waals surface area contributed by atoms with Crippen LogP contribution in [0.5, 0.6) is 0 Å². The molecular formula is C28H30ClN3O4S. The number of carbonyl (C=O) groups is 2. The van der Waals surface area contributed by atoms with E-state index in [9.17, 15) is 18.0 Å². The lowest BCUT2D eigenvalue weighted by Gasteiger charge is -2.26. The van der Waals surface area contributed by atoms with E-state index in [2.05, 4.69) is 10.6 Å². The number of rotatable bonds is 8. The molecule has 194 valence electrons. The Morgan fingerprint density at radius 3 is 2.27 bits per heavy atom. The van der Waals surface area contributed by atoms with Crippen LogP contribution in [0.4, 0.5) is 11.4 Å². The molecule has 9 heteroatoms. The van der Waals surface area contributed by atoms with E-state index in [1.54, 1.807) is 55.5 Å². The van der Waals surface area contributed by atoms with Crippen molar-refractivity contribution in [1.29, 1.82) is 0 Å². The number of nitrogens with one attached hydrogen (secondary N) is 2. The first-order valence-electron chi connectivity index (χ1n) is 12.3. The molecule has 0 unspecified atom stereocenters. The van der Waals surface area contributed by atoms with Gasteiger partial charge < -0.3 is 10.6 Å². The minimum atomic E-state index is -4.09. The second kappa shape index (κ2) is 11.8. The summed E-state index contributed by atoms with van der Waals surface area (Å²) in [5, 5.41) is 6.22. The van der Waals surface area contributed by atoms with Crippen LogP contribution < -0.4 is 14.9 Å². The summed E-state index contributed by atoms with van der Waals surface area (Å²) in [6, 6.07) is 19.6. The molecular weight excluding hydrogens is 510 g/mol. The number of hydrogen-bond donors (Lipinski definition) is 2. The lowest BCUT2D eigenvalue weighted by atomic mass is 9.95. The van der Waals surface area contributed by atoms with Crippen LogP contribution in [0.1, 0.15) is 48.0 Å². The fourth-order valence-corrected chi connectivity index (χ4v) is 6.11. The Balaban J connectivity index is 1.58. The normalized spacial score (nSPS) is 14.1. The fraction of sp³-hybridized carbons (Fsp3) is 0.286. The van der Waals surface area contributed by atoms with Crippen LogP contribution in [0.15, 0.2) is 77.7 Å². The van der Waals surface area contributed by atoms with Crippen molar-refractivity contribution in [3.05, 3.63) is 88.9 Å². The Labute approximate surface area is 222 Å². The van der Waals surface area contributed by atoms with Crippen LogP contribution in [-0.2, 0) is 14.8 Å². The SMILES string of the molecule is Cc1ccccc1N(CC(=O)Nc1ccccc1C(=O)NC1CCCCC1)S(=O)(=O)c1ccc(Cl)cc1. The number of carbonyl (C=O) groups excluding carboxylic acids is 2. The Hall–Kier alpha value is -3.36. The number of para-hydroxylation sites is 2. The van der Waals surface area contributed by atoms with Gasteiger partial charge in [-0.2, -0.15) is 0 Å². The standard InChI is InChI=1S/C28H30ClN3O4S/c1-20-9-5-8-14-26(20)32(37(35,36)23-17-15-21(29)16-18-23)19-27(33)31-25-13-7-6-12-24(25)28(34)30-22-10-3-2-4-11-22/h5-9,12-18,22H,2-4,10-11,19H2,1H3,(H,30,34)(H,31,33). The van der Waals surface area contributed by atoms with Gasteiger partial charge in [0.25, 0.3) is 15.9 Å². The predicted molar refractivity (Wildman–Crippen MR) is 147 cm³/mol. The molecule has 1 aliphatic rings. The van der Waals surface area contributed by atoms with E-state index in [-0.39, 0.29) is 16.8 Å². The number of anilines is 2. The molecule has 1 aliphatic carbocycles. The van der Waals surface area contributed by atoms with Crippen molar-refractivity contribution in [1.82, 2.24) is 5.32 Å². The monoisotopic (exact) mass is 539 g/mol. The van der Waals surface area contributed by atoms with Crippen LogP contribution >= 0.6 is 11.6 Å². The topological polar surface area (TPSA) is 95.6 Å². The number of hydrogen-bond acceptors (Lipinski definition) is 4. The van der Waals surface area contributed by atoms with Gasteiger partial charge in [0.1, 0.15) is 6.54 Å². The first-order chi connectivity index (χ1) is 17.8. The lowest BCUT2D eigenvalue weighted by molar-refractivity contribution is -0.114. The first kappa shape index (κ1) is 26.7. The van der Waals surface area contributed by atoms with Crippen LogP contribution in [0, 0.1) is 6.92 Å². The van der Waals surface area contributed by atoms with Gasteiger partial charge in [-0.15, -0.1) is 0 Å². The van der Waals surface area contributed by atoms with Gasteiger partial charge in [0.05, 0.1) is 21.8 Å². The highest BCUT2D eigenvalue weighted by Crippen LogP contribution is 2.28. The largest absolute Gasteiger partial charge is 0.349 e. The minimum absolute atomic E-state index is 0.0141. The molecule has 0 heterocycles. The van der Waals surface area contributed by atoms with Crippen LogP contribution in [0.3, 0.4) is 0 Å². The summed E-state index contributed by atoms with van der Waals surface area (Å²) in [7, 11) is -4.09. The third kappa shape index (κ3) is 6.50. The van der Waals surface area contributed by atoms with Crippen molar-refractivity contribution in [3.63, 3.8) is 0 Å². The molecule has 0 spiro atoms. The second-order valence-electron chi connectivity index (χ2n) is 9.15. The molecule has 2 N–H and O–H groups in total. The molecule has 4 rings (SSSR count). The molecule has 0 saturated heterocycles. The number of halogens is 1. The Morgan fingerprint density at radius 2 is 1.57 bits per heavy atom. The molecule has 3 aromatic carbocycles. The maximum atomic E-state index is 13.6. The lowest BCUT2D eigenvalue weighted by Crippen LogP contribution is -2.39. The number of aryl methyl sites for hydroxylation is 1. The van der Waals surface area contributed by atoms with Gasteiger partial charge in [-0.1, -0.05) is 61.2 Å². The van der Waals surface area contributed by atoms with E-state index >= 15 is 0 Å². The highest BCUT2D eigenvalue weighted by molar-refractivity contribution is 7.92. The van der Waals surface area contributed by atoms with Gasteiger partial charge in [-0.05, 0) is 67.8 Å². The highest BCUT2D eigenvalue weighted by Gasteiger charge is 2.29. The van der Waals surface area contributed by atoms with E-state index in [0.29, 0.717) is 27.5 Å². The van der Waals surface area contributed by atoms with E-state index < -0.39 is 22.5 Å². The summed E-state index contributed by atoms with van der Waals surface area (Å²) < 4.78 is 28.3. The van der Waals surface area contributed by atoms with Crippen molar-refractivity contribution >= 4 is 44.8 Å². The zero-order valence-electron chi connectivity index (χ0n) is 20.6. The van der Waals surface area contributed by atoms with E-state index in [0.717, 1.165) is 30.0 Å². The van der Waals surface area contributed by atoms with Crippen molar-refractivity contribution in [2.45, 2.75) is 50.0 Å². The third-order valence-corrected chi connectivity index (χ3v) is 8.49. The molecule has 7 nitrogen and oxygen atoms in total. The molecule has 0 aliphatic heterocycles. The Kier molecular flexibility index (Phi) is 8.51. The minimum Gasteiger partial charge on any atom is -0.349 e. The molecule has 0 radical (unpaired) electrons. The van der Waals surface area contributed by atoms with Crippen molar-refractivity contribution in [2.75, 3.05) is 16.2 Å². The van der Waals surface area contributed by atoms with E-state index in [1.807, 2.05) is 0 Å². The van der Waals surface area contributed by atoms with Crippen molar-refractivity contribution in [3.8, 4) is 0 Å². The smallest absolute Gasteiger partial charge is 0.264 e. The summed E-state index contributed by atoms with van der Waals surface area (Å²) in [6.07, 6.45) is 5.22. The molecule has 3 aromatic rings. The van der Waals surface area contributed by atoms with E-state index in [1.165, 1.54) is 30.7 Å². The molecule has 1 saturated carbocycles. The fourth-order valence-electron chi connectivity index (χ4n) is 4.50. The molecule has 0 atom stereocenters. The zero-order valence-corrected chi connectivity index (χ0v) is 22.2. The summed E-state index contributed by atoms with van der Waals surface area (Å²) in [4.78, 5) is 26.2. The number of nitrogens with zero attached hydrogens (tertiary/aromatic N) is 1. The first-order valence-corrected chi connectivity index (χ1v) is 14.1. The highest BCUT2D eigenvalue weighted by atomic mass is 35.5. The quantitative estimate of drug-likeness (QED) is 0.392. The molecule has 0 bridgehead atoms. The van der Waals surface area contributed by atoms with Crippen molar-refractivity contribution in [2.24, 2.45) is 0 Å². The summed E-state index contributed by atoms with van der Waals surface area (Å²) >= 11 is 5.95. The van der Waals surface area contributed by atoms with Crippen LogP contribution in [0.25, 0.3) is 0 Å². The molecule has 0 aromatic heterocycles. The average Bonchev–Trinajstić information content (AvgIpc) is 2.89. The predicted octanol–water partition coefficient (Wildman–Crippen LogP) is 5.54. The third-order valence-electron chi connectivity index (χ3n) is 6.46. The molecule has 2 amide bonds. The van der Waals surface area contributed by atoms with Crippen LogP contribution in [-0.4, -0.2) is 32.8 Å². The van der Waals surface area contributed by atoms with Gasteiger partial charge in [0, 0.05) is 11.1 Å². The number of benzene rings is 3. The maximum absolute atomic E-state index is 13.6. The van der Waals surface area contributed by atoms with Gasteiger partial charge in [0.2, 0.25) is 5.91 Å². The summed E-state index contributed by atoms with van der Waals surface area (Å²) in [5.41, 5.74) is 1.75. The zero-order chi connectivity index (χ0) is 26.4. The summed E-state index contributed by atoms with van der Waals surface area (Å²) in [5.74, 6) is -0.828.